The highest BCUT2D eigenvalue weighted by Gasteiger charge is 2.10. The van der Waals surface area contributed by atoms with Gasteiger partial charge in [-0.05, 0) is 32.6 Å². The van der Waals surface area contributed by atoms with E-state index in [1.54, 1.807) is 14.0 Å². The van der Waals surface area contributed by atoms with Gasteiger partial charge in [0.1, 0.15) is 9.84 Å². The summed E-state index contributed by atoms with van der Waals surface area (Å²) in [5, 5.41) is 0. The summed E-state index contributed by atoms with van der Waals surface area (Å²) < 4.78 is 27.6. The lowest BCUT2D eigenvalue weighted by Gasteiger charge is -2.14. The Morgan fingerprint density at radius 3 is 2.38 bits per heavy atom. The Kier molecular flexibility index (Phi) is 7.97. The van der Waals surface area contributed by atoms with Gasteiger partial charge < -0.3 is 10.5 Å². The van der Waals surface area contributed by atoms with Crippen molar-refractivity contribution in [2.75, 3.05) is 18.6 Å². The Morgan fingerprint density at radius 1 is 1.25 bits per heavy atom. The first-order chi connectivity index (χ1) is 7.41. The van der Waals surface area contributed by atoms with Crippen molar-refractivity contribution in [1.29, 1.82) is 0 Å². The highest BCUT2D eigenvalue weighted by Crippen LogP contribution is 2.08. The van der Waals surface area contributed by atoms with E-state index in [1.807, 2.05) is 6.92 Å². The number of hydrogen-bond acceptors (Lipinski definition) is 4. The van der Waals surface area contributed by atoms with Crippen LogP contribution in [-0.4, -0.2) is 39.2 Å². The molecule has 5 heteroatoms. The maximum absolute atomic E-state index is 11.2. The third kappa shape index (κ3) is 8.07. The minimum atomic E-state index is -2.83. The molecule has 0 radical (unpaired) electrons. The standard InChI is InChI=1S/C11H25NO3S/c1-4-16(13,14)9-5-6-11(12)8-7-10(2)15-3/h10-11H,4-9,12H2,1-3H3. The van der Waals surface area contributed by atoms with Crippen molar-refractivity contribution in [1.82, 2.24) is 0 Å². The summed E-state index contributed by atoms with van der Waals surface area (Å²) in [6, 6.07) is 0.0876. The van der Waals surface area contributed by atoms with Crippen molar-refractivity contribution in [2.24, 2.45) is 5.73 Å². The van der Waals surface area contributed by atoms with Gasteiger partial charge in [0.15, 0.2) is 0 Å². The van der Waals surface area contributed by atoms with E-state index >= 15 is 0 Å². The van der Waals surface area contributed by atoms with Crippen LogP contribution >= 0.6 is 0 Å². The molecule has 4 nitrogen and oxygen atoms in total. The maximum atomic E-state index is 11.2. The number of rotatable bonds is 9. The maximum Gasteiger partial charge on any atom is 0.150 e. The molecule has 2 N–H and O–H groups in total. The van der Waals surface area contributed by atoms with E-state index in [4.69, 9.17) is 10.5 Å². The van der Waals surface area contributed by atoms with Gasteiger partial charge in [0.25, 0.3) is 0 Å². The molecule has 0 aliphatic carbocycles. The van der Waals surface area contributed by atoms with Crippen LogP contribution in [0.4, 0.5) is 0 Å². The summed E-state index contributed by atoms with van der Waals surface area (Å²) in [7, 11) is -1.15. The molecule has 0 aliphatic rings. The van der Waals surface area contributed by atoms with Crippen LogP contribution in [0.3, 0.4) is 0 Å². The van der Waals surface area contributed by atoms with Gasteiger partial charge in [-0.2, -0.15) is 0 Å². The van der Waals surface area contributed by atoms with Crippen LogP contribution in [0.1, 0.15) is 39.5 Å². The zero-order valence-electron chi connectivity index (χ0n) is 10.6. The number of hydrogen-bond donors (Lipinski definition) is 1. The van der Waals surface area contributed by atoms with Gasteiger partial charge in [0.2, 0.25) is 0 Å². The smallest absolute Gasteiger partial charge is 0.150 e. The van der Waals surface area contributed by atoms with Crippen molar-refractivity contribution in [3.63, 3.8) is 0 Å². The van der Waals surface area contributed by atoms with Gasteiger partial charge in [-0.25, -0.2) is 8.42 Å². The SMILES string of the molecule is CCS(=O)(=O)CCCC(N)CCC(C)OC. The molecule has 16 heavy (non-hydrogen) atoms. The Labute approximate surface area is 99.5 Å². The van der Waals surface area contributed by atoms with E-state index in [9.17, 15) is 8.42 Å². The summed E-state index contributed by atoms with van der Waals surface area (Å²) in [6.07, 6.45) is 3.48. The molecule has 0 saturated heterocycles. The fourth-order valence-electron chi connectivity index (χ4n) is 1.42. The Bertz CT molecular complexity index is 264. The number of methoxy groups -OCH3 is 1. The first kappa shape index (κ1) is 15.9. The molecule has 0 rings (SSSR count). The van der Waals surface area contributed by atoms with Gasteiger partial charge in [-0.3, -0.25) is 0 Å². The van der Waals surface area contributed by atoms with E-state index < -0.39 is 9.84 Å². The molecular weight excluding hydrogens is 226 g/mol. The van der Waals surface area contributed by atoms with Crippen molar-refractivity contribution in [3.05, 3.63) is 0 Å². The van der Waals surface area contributed by atoms with Crippen LogP contribution in [0.15, 0.2) is 0 Å². The monoisotopic (exact) mass is 251 g/mol. The van der Waals surface area contributed by atoms with Crippen LogP contribution in [-0.2, 0) is 14.6 Å². The normalized spacial score (nSPS) is 16.0. The lowest BCUT2D eigenvalue weighted by molar-refractivity contribution is 0.107. The van der Waals surface area contributed by atoms with Gasteiger partial charge in [0.05, 0.1) is 11.9 Å². The second-order valence-corrected chi connectivity index (χ2v) is 6.74. The van der Waals surface area contributed by atoms with Gasteiger partial charge in [-0.1, -0.05) is 6.92 Å². The van der Waals surface area contributed by atoms with Gasteiger partial charge >= 0.3 is 0 Å². The van der Waals surface area contributed by atoms with Crippen LogP contribution < -0.4 is 5.73 Å². The first-order valence-corrected chi connectivity index (χ1v) is 7.72. The molecule has 0 bridgehead atoms. The molecule has 98 valence electrons. The van der Waals surface area contributed by atoms with E-state index in [2.05, 4.69) is 0 Å². The quantitative estimate of drug-likeness (QED) is 0.671. The summed E-state index contributed by atoms with van der Waals surface area (Å²) in [6.45, 7) is 3.68. The van der Waals surface area contributed by atoms with Gasteiger partial charge in [-0.15, -0.1) is 0 Å². The summed E-state index contributed by atoms with van der Waals surface area (Å²) in [5.74, 6) is 0.486. The predicted octanol–water partition coefficient (Wildman–Crippen LogP) is 1.34. The summed E-state index contributed by atoms with van der Waals surface area (Å²) >= 11 is 0. The third-order valence-electron chi connectivity index (χ3n) is 2.82. The van der Waals surface area contributed by atoms with Crippen LogP contribution in [0.5, 0.6) is 0 Å². The number of ether oxygens (including phenoxy) is 1. The molecule has 0 spiro atoms. The number of nitrogens with two attached hydrogens (primary N) is 1. The fourth-order valence-corrected chi connectivity index (χ4v) is 2.32. The molecule has 0 fully saturated rings. The molecule has 0 aromatic carbocycles. The molecule has 0 saturated carbocycles. The topological polar surface area (TPSA) is 69.4 Å². The minimum Gasteiger partial charge on any atom is -0.382 e. The molecule has 0 aromatic heterocycles. The number of sulfone groups is 1. The highest BCUT2D eigenvalue weighted by molar-refractivity contribution is 7.91. The largest absolute Gasteiger partial charge is 0.382 e. The molecule has 0 heterocycles. The molecule has 0 aromatic rings. The third-order valence-corrected chi connectivity index (χ3v) is 4.61. The van der Waals surface area contributed by atoms with Crippen LogP contribution in [0.25, 0.3) is 0 Å². The second-order valence-electron chi connectivity index (χ2n) is 4.26. The molecule has 2 unspecified atom stereocenters. The second kappa shape index (κ2) is 8.03. The van der Waals surface area contributed by atoms with Crippen LogP contribution in [0.2, 0.25) is 0 Å². The average Bonchev–Trinajstić information content (AvgIpc) is 2.25. The minimum absolute atomic E-state index is 0.0876. The molecule has 0 aliphatic heterocycles. The van der Waals surface area contributed by atoms with E-state index in [0.29, 0.717) is 6.42 Å². The molecule has 2 atom stereocenters. The van der Waals surface area contributed by atoms with Crippen molar-refractivity contribution in [2.45, 2.75) is 51.7 Å². The predicted molar refractivity (Wildman–Crippen MR) is 67.2 cm³/mol. The fraction of sp³-hybridized carbons (Fsp3) is 1.00. The summed E-state index contributed by atoms with van der Waals surface area (Å²) in [5.41, 5.74) is 5.90. The van der Waals surface area contributed by atoms with E-state index in [-0.39, 0.29) is 23.7 Å². The van der Waals surface area contributed by atoms with Gasteiger partial charge in [0, 0.05) is 18.9 Å². The zero-order valence-corrected chi connectivity index (χ0v) is 11.4. The molecular formula is C11H25NO3S. The highest BCUT2D eigenvalue weighted by atomic mass is 32.2. The van der Waals surface area contributed by atoms with Crippen molar-refractivity contribution >= 4 is 9.84 Å². The Hall–Kier alpha value is -0.130. The zero-order chi connectivity index (χ0) is 12.6. The van der Waals surface area contributed by atoms with E-state index in [0.717, 1.165) is 19.3 Å². The Balaban J connectivity index is 3.62. The molecule has 0 amide bonds. The van der Waals surface area contributed by atoms with Crippen molar-refractivity contribution < 1.29 is 13.2 Å². The first-order valence-electron chi connectivity index (χ1n) is 5.90. The lowest BCUT2D eigenvalue weighted by Crippen LogP contribution is -2.23. The Morgan fingerprint density at radius 2 is 1.88 bits per heavy atom. The van der Waals surface area contributed by atoms with Crippen LogP contribution in [0, 0.1) is 0 Å². The van der Waals surface area contributed by atoms with E-state index in [1.165, 1.54) is 0 Å². The summed E-state index contributed by atoms with van der Waals surface area (Å²) in [4.78, 5) is 0. The average molecular weight is 251 g/mol. The van der Waals surface area contributed by atoms with Crippen molar-refractivity contribution in [3.8, 4) is 0 Å². The lowest BCUT2D eigenvalue weighted by atomic mass is 10.1.